The smallest absolute Gasteiger partial charge is 0.364 e. The van der Waals surface area contributed by atoms with E-state index in [1.807, 2.05) is 0 Å². The second-order valence-electron chi connectivity index (χ2n) is 3.67. The van der Waals surface area contributed by atoms with Gasteiger partial charge in [0, 0.05) is 13.1 Å². The van der Waals surface area contributed by atoms with Gasteiger partial charge in [-0.2, -0.15) is 0 Å². The second kappa shape index (κ2) is 4.36. The predicted molar refractivity (Wildman–Crippen MR) is 57.9 cm³/mol. The van der Waals surface area contributed by atoms with Crippen molar-refractivity contribution in [1.82, 2.24) is 10.3 Å². The van der Waals surface area contributed by atoms with Crippen LogP contribution in [0.15, 0.2) is 12.1 Å². The molecule has 0 saturated heterocycles. The molecule has 0 spiro atoms. The van der Waals surface area contributed by atoms with E-state index in [9.17, 15) is 14.9 Å². The summed E-state index contributed by atoms with van der Waals surface area (Å²) in [6.07, 6.45) is 1.97. The molecule has 0 unspecified atom stereocenters. The summed E-state index contributed by atoms with van der Waals surface area (Å²) in [4.78, 5) is 25.2. The molecule has 1 aliphatic carbocycles. The van der Waals surface area contributed by atoms with Gasteiger partial charge in [0.05, 0.1) is 6.10 Å². The van der Waals surface area contributed by atoms with Crippen LogP contribution in [0, 0.1) is 10.1 Å². The van der Waals surface area contributed by atoms with Crippen LogP contribution in [0.25, 0.3) is 0 Å². The molecule has 7 nitrogen and oxygen atoms in total. The van der Waals surface area contributed by atoms with Gasteiger partial charge in [-0.15, -0.1) is 0 Å². The Morgan fingerprint density at radius 1 is 1.59 bits per heavy atom. The molecule has 0 radical (unpaired) electrons. The first-order valence-corrected chi connectivity index (χ1v) is 5.16. The molecule has 0 atom stereocenters. The van der Waals surface area contributed by atoms with E-state index in [4.69, 9.17) is 4.74 Å². The zero-order valence-electron chi connectivity index (χ0n) is 9.17. The zero-order chi connectivity index (χ0) is 12.4. The van der Waals surface area contributed by atoms with Crippen LogP contribution >= 0.6 is 0 Å². The van der Waals surface area contributed by atoms with Crippen molar-refractivity contribution in [3.05, 3.63) is 27.9 Å². The predicted octanol–water partition coefficient (Wildman–Crippen LogP) is 0.891. The number of hydrogen-bond donors (Lipinski definition) is 1. The molecule has 0 aromatic carbocycles. The molecule has 1 amide bonds. The van der Waals surface area contributed by atoms with E-state index in [2.05, 4.69) is 10.3 Å². The summed E-state index contributed by atoms with van der Waals surface area (Å²) >= 11 is 0. The SMILES string of the molecule is CNC(=O)c1nc([N+](=O)[O-])ccc1OC1CC1. The Balaban J connectivity index is 2.35. The van der Waals surface area contributed by atoms with Crippen molar-refractivity contribution >= 4 is 11.7 Å². The second-order valence-corrected chi connectivity index (χ2v) is 3.67. The Kier molecular flexibility index (Phi) is 2.90. The molecule has 1 saturated carbocycles. The molecule has 2 rings (SSSR count). The van der Waals surface area contributed by atoms with Crippen molar-refractivity contribution in [2.24, 2.45) is 0 Å². The van der Waals surface area contributed by atoms with E-state index < -0.39 is 10.8 Å². The van der Waals surface area contributed by atoms with Gasteiger partial charge < -0.3 is 20.2 Å². The third-order valence-corrected chi connectivity index (χ3v) is 2.29. The van der Waals surface area contributed by atoms with Gasteiger partial charge in [0.25, 0.3) is 11.6 Å². The van der Waals surface area contributed by atoms with E-state index in [-0.39, 0.29) is 23.4 Å². The van der Waals surface area contributed by atoms with E-state index in [1.165, 1.54) is 19.2 Å². The molecule has 1 aromatic rings. The van der Waals surface area contributed by atoms with Gasteiger partial charge in [-0.3, -0.25) is 4.79 Å². The van der Waals surface area contributed by atoms with Crippen molar-refractivity contribution < 1.29 is 14.5 Å². The number of hydrogen-bond acceptors (Lipinski definition) is 5. The van der Waals surface area contributed by atoms with Crippen LogP contribution < -0.4 is 10.1 Å². The number of amides is 1. The Hall–Kier alpha value is -2.18. The van der Waals surface area contributed by atoms with Gasteiger partial charge >= 0.3 is 5.82 Å². The summed E-state index contributed by atoms with van der Waals surface area (Å²) in [7, 11) is 1.43. The van der Waals surface area contributed by atoms with Gasteiger partial charge in [-0.1, -0.05) is 0 Å². The summed E-state index contributed by atoms with van der Waals surface area (Å²) in [6.45, 7) is 0. The summed E-state index contributed by atoms with van der Waals surface area (Å²) in [6, 6.07) is 2.64. The standard InChI is InChI=1S/C10H11N3O4/c1-11-10(14)9-7(17-6-2-3-6)4-5-8(12-9)13(15)16/h4-6H,2-3H2,1H3,(H,11,14). The third-order valence-electron chi connectivity index (χ3n) is 2.29. The number of rotatable bonds is 4. The van der Waals surface area contributed by atoms with Crippen LogP contribution in [0.3, 0.4) is 0 Å². The van der Waals surface area contributed by atoms with Crippen LogP contribution in [0.4, 0.5) is 5.82 Å². The molecule has 17 heavy (non-hydrogen) atoms. The lowest BCUT2D eigenvalue weighted by atomic mass is 10.3. The Morgan fingerprint density at radius 2 is 2.29 bits per heavy atom. The molecule has 1 fully saturated rings. The van der Waals surface area contributed by atoms with E-state index in [0.717, 1.165) is 12.8 Å². The molecule has 7 heteroatoms. The summed E-state index contributed by atoms with van der Waals surface area (Å²) in [5, 5.41) is 13.0. The van der Waals surface area contributed by atoms with Gasteiger partial charge in [-0.25, -0.2) is 0 Å². The monoisotopic (exact) mass is 237 g/mol. The zero-order valence-corrected chi connectivity index (χ0v) is 9.17. The number of nitrogens with zero attached hydrogens (tertiary/aromatic N) is 2. The van der Waals surface area contributed by atoms with Crippen molar-refractivity contribution in [1.29, 1.82) is 0 Å². The molecule has 0 aliphatic heterocycles. The fourth-order valence-corrected chi connectivity index (χ4v) is 1.28. The number of carbonyl (C=O) groups is 1. The number of carbonyl (C=O) groups excluding carboxylic acids is 1. The van der Waals surface area contributed by atoms with E-state index >= 15 is 0 Å². The topological polar surface area (TPSA) is 94.4 Å². The number of ether oxygens (including phenoxy) is 1. The van der Waals surface area contributed by atoms with Crippen LogP contribution in [0.5, 0.6) is 5.75 Å². The Morgan fingerprint density at radius 3 is 2.82 bits per heavy atom. The lowest BCUT2D eigenvalue weighted by molar-refractivity contribution is -0.389. The molecule has 1 N–H and O–H groups in total. The normalized spacial score (nSPS) is 14.2. The minimum atomic E-state index is -0.645. The number of pyridine rings is 1. The minimum absolute atomic E-state index is 0.0476. The molecule has 90 valence electrons. The number of nitrogens with one attached hydrogen (secondary N) is 1. The van der Waals surface area contributed by atoms with E-state index in [0.29, 0.717) is 0 Å². The highest BCUT2D eigenvalue weighted by atomic mass is 16.6. The van der Waals surface area contributed by atoms with Gasteiger partial charge in [0.2, 0.25) is 0 Å². The van der Waals surface area contributed by atoms with Crippen LogP contribution in [-0.4, -0.2) is 29.0 Å². The maximum absolute atomic E-state index is 11.5. The van der Waals surface area contributed by atoms with Gasteiger partial charge in [0.15, 0.2) is 5.75 Å². The molecule has 0 bridgehead atoms. The first kappa shape index (κ1) is 11.3. The minimum Gasteiger partial charge on any atom is -0.486 e. The van der Waals surface area contributed by atoms with Gasteiger partial charge in [0.1, 0.15) is 0 Å². The third kappa shape index (κ3) is 2.49. The quantitative estimate of drug-likeness (QED) is 0.619. The largest absolute Gasteiger partial charge is 0.486 e. The summed E-state index contributed by atoms with van der Waals surface area (Å²) < 4.78 is 5.47. The molecule has 1 aromatic heterocycles. The molecular formula is C10H11N3O4. The summed E-state index contributed by atoms with van der Waals surface area (Å²) in [5.41, 5.74) is -0.0476. The Bertz CT molecular complexity index is 471. The highest BCUT2D eigenvalue weighted by Gasteiger charge is 2.29. The van der Waals surface area contributed by atoms with Crippen molar-refractivity contribution in [3.8, 4) is 5.75 Å². The van der Waals surface area contributed by atoms with Crippen LogP contribution in [-0.2, 0) is 0 Å². The maximum atomic E-state index is 11.5. The van der Waals surface area contributed by atoms with Crippen LogP contribution in [0.1, 0.15) is 23.3 Å². The van der Waals surface area contributed by atoms with Gasteiger partial charge in [-0.05, 0) is 28.8 Å². The highest BCUT2D eigenvalue weighted by molar-refractivity contribution is 5.95. The van der Waals surface area contributed by atoms with E-state index in [1.54, 1.807) is 0 Å². The first-order chi connectivity index (χ1) is 8.11. The van der Waals surface area contributed by atoms with Crippen molar-refractivity contribution in [3.63, 3.8) is 0 Å². The van der Waals surface area contributed by atoms with Crippen molar-refractivity contribution in [2.45, 2.75) is 18.9 Å². The fourth-order valence-electron chi connectivity index (χ4n) is 1.28. The lowest BCUT2D eigenvalue weighted by Crippen LogP contribution is -2.21. The highest BCUT2D eigenvalue weighted by Crippen LogP contribution is 2.29. The average Bonchev–Trinajstić information content (AvgIpc) is 3.12. The molecule has 1 heterocycles. The maximum Gasteiger partial charge on any atom is 0.364 e. The van der Waals surface area contributed by atoms with Crippen molar-refractivity contribution in [2.75, 3.05) is 7.05 Å². The first-order valence-electron chi connectivity index (χ1n) is 5.16. The van der Waals surface area contributed by atoms with Crippen LogP contribution in [0.2, 0.25) is 0 Å². The molecule has 1 aliphatic rings. The molecular weight excluding hydrogens is 226 g/mol. The fraction of sp³-hybridized carbons (Fsp3) is 0.400. The number of aromatic nitrogens is 1. The summed E-state index contributed by atoms with van der Waals surface area (Å²) in [5.74, 6) is -0.575. The lowest BCUT2D eigenvalue weighted by Gasteiger charge is -2.05. The number of nitro groups is 1. The Labute approximate surface area is 96.9 Å². The average molecular weight is 237 g/mol.